The van der Waals surface area contributed by atoms with Crippen LogP contribution in [0.4, 0.5) is 4.39 Å². The Hall–Kier alpha value is -3.23. The minimum absolute atomic E-state index is 0.0302. The van der Waals surface area contributed by atoms with Crippen LogP contribution in [0.15, 0.2) is 54.6 Å². The highest BCUT2D eigenvalue weighted by atomic mass is 19.1. The van der Waals surface area contributed by atoms with Gasteiger partial charge in [0.2, 0.25) is 5.88 Å². The van der Waals surface area contributed by atoms with E-state index in [-0.39, 0.29) is 18.4 Å². The van der Waals surface area contributed by atoms with Crippen molar-refractivity contribution in [2.75, 3.05) is 19.7 Å². The number of halogens is 1. The molecule has 0 aliphatic heterocycles. The predicted molar refractivity (Wildman–Crippen MR) is 135 cm³/mol. The molecule has 192 valence electrons. The molecular weight excluding hydrogens is 461 g/mol. The van der Waals surface area contributed by atoms with Crippen LogP contribution in [0.2, 0.25) is 0 Å². The summed E-state index contributed by atoms with van der Waals surface area (Å²) >= 11 is 0. The van der Waals surface area contributed by atoms with Crippen molar-refractivity contribution in [3.05, 3.63) is 66.0 Å². The number of carbonyl (C=O) groups is 1. The Labute approximate surface area is 211 Å². The van der Waals surface area contributed by atoms with Gasteiger partial charge in [-0.05, 0) is 49.4 Å². The lowest BCUT2D eigenvalue weighted by atomic mass is 10.1. The first kappa shape index (κ1) is 25.9. The van der Waals surface area contributed by atoms with Crippen LogP contribution in [0.25, 0.3) is 11.3 Å². The Kier molecular flexibility index (Phi) is 8.72. The fourth-order valence-electron chi connectivity index (χ4n) is 4.17. The van der Waals surface area contributed by atoms with Gasteiger partial charge in [-0.25, -0.2) is 9.07 Å². The standard InChI is InChI=1S/C28H34FN3O4/c1-3-7-26(34)35-19-23(33)17-32(16-20-10-11-20)18-25-27(21-8-5-4-6-9-21)30-31(2)28(25)36-24-14-12-22(29)13-15-24/h4-6,8-9,12-15,20,23,33H,3,7,10-11,16-19H2,1-2H3/t23-/m1/s1. The number of aliphatic hydroxyl groups excluding tert-OH is 1. The van der Waals surface area contributed by atoms with E-state index in [2.05, 4.69) is 4.90 Å². The molecule has 8 heteroatoms. The molecule has 4 rings (SSSR count). The van der Waals surface area contributed by atoms with E-state index in [1.807, 2.05) is 44.3 Å². The summed E-state index contributed by atoms with van der Waals surface area (Å²) in [7, 11) is 1.82. The number of aromatic nitrogens is 2. The molecule has 2 aromatic carbocycles. The van der Waals surface area contributed by atoms with Gasteiger partial charge in [0.15, 0.2) is 0 Å². The van der Waals surface area contributed by atoms with Crippen LogP contribution in [0.3, 0.4) is 0 Å². The van der Waals surface area contributed by atoms with Crippen molar-refractivity contribution in [1.29, 1.82) is 0 Å². The van der Waals surface area contributed by atoms with E-state index in [0.717, 1.165) is 36.2 Å². The van der Waals surface area contributed by atoms with Crippen molar-refractivity contribution < 1.29 is 23.8 Å². The van der Waals surface area contributed by atoms with Crippen LogP contribution in [0.1, 0.15) is 38.2 Å². The fourth-order valence-corrected chi connectivity index (χ4v) is 4.17. The van der Waals surface area contributed by atoms with Gasteiger partial charge in [-0.1, -0.05) is 37.3 Å². The molecule has 7 nitrogen and oxygen atoms in total. The first-order valence-corrected chi connectivity index (χ1v) is 12.5. The number of nitrogens with zero attached hydrogens (tertiary/aromatic N) is 3. The number of hydrogen-bond donors (Lipinski definition) is 1. The Morgan fingerprint density at radius 2 is 1.92 bits per heavy atom. The number of aryl methyl sites for hydroxylation is 1. The first-order valence-electron chi connectivity index (χ1n) is 12.5. The SMILES string of the molecule is CCCC(=O)OC[C@H](O)CN(Cc1c(-c2ccccc2)nn(C)c1Oc1ccc(F)cc1)CC1CC1. The van der Waals surface area contributed by atoms with Gasteiger partial charge in [0.1, 0.15) is 30.0 Å². The molecule has 3 aromatic rings. The maximum atomic E-state index is 13.5. The van der Waals surface area contributed by atoms with E-state index in [1.165, 1.54) is 12.1 Å². The van der Waals surface area contributed by atoms with Crippen molar-refractivity contribution in [2.24, 2.45) is 13.0 Å². The smallest absolute Gasteiger partial charge is 0.305 e. The van der Waals surface area contributed by atoms with Crippen LogP contribution in [0, 0.1) is 11.7 Å². The number of ether oxygens (including phenoxy) is 2. The fraction of sp³-hybridized carbons (Fsp3) is 0.429. The van der Waals surface area contributed by atoms with E-state index < -0.39 is 6.10 Å². The molecule has 0 unspecified atom stereocenters. The van der Waals surface area contributed by atoms with Gasteiger partial charge in [-0.3, -0.25) is 9.69 Å². The van der Waals surface area contributed by atoms with Crippen LogP contribution in [-0.2, 0) is 23.1 Å². The zero-order valence-corrected chi connectivity index (χ0v) is 20.9. The number of carbonyl (C=O) groups excluding carboxylic acids is 1. The molecule has 0 bridgehead atoms. The first-order chi connectivity index (χ1) is 17.4. The van der Waals surface area contributed by atoms with Gasteiger partial charge in [0.05, 0.1) is 5.56 Å². The zero-order valence-electron chi connectivity index (χ0n) is 20.9. The van der Waals surface area contributed by atoms with Gasteiger partial charge < -0.3 is 14.6 Å². The molecule has 36 heavy (non-hydrogen) atoms. The largest absolute Gasteiger partial charge is 0.463 e. The zero-order chi connectivity index (χ0) is 25.5. The van der Waals surface area contributed by atoms with Crippen LogP contribution < -0.4 is 4.74 Å². The summed E-state index contributed by atoms with van der Waals surface area (Å²) in [6.07, 6.45) is 2.58. The van der Waals surface area contributed by atoms with E-state index in [4.69, 9.17) is 14.6 Å². The Morgan fingerprint density at radius 3 is 2.58 bits per heavy atom. The molecule has 1 aromatic heterocycles. The van der Waals surface area contributed by atoms with E-state index in [9.17, 15) is 14.3 Å². The maximum Gasteiger partial charge on any atom is 0.305 e. The normalized spacial score (nSPS) is 14.1. The average molecular weight is 496 g/mol. The minimum atomic E-state index is -0.803. The molecule has 1 heterocycles. The second kappa shape index (κ2) is 12.1. The van der Waals surface area contributed by atoms with Crippen LogP contribution >= 0.6 is 0 Å². The Balaban J connectivity index is 1.59. The van der Waals surface area contributed by atoms with Crippen LogP contribution in [0.5, 0.6) is 11.6 Å². The Bertz CT molecular complexity index is 1130. The van der Waals surface area contributed by atoms with Crippen molar-refractivity contribution in [3.63, 3.8) is 0 Å². The highest BCUT2D eigenvalue weighted by Crippen LogP contribution is 2.36. The molecule has 0 amide bonds. The summed E-state index contributed by atoms with van der Waals surface area (Å²) in [6.45, 7) is 3.55. The molecule has 1 atom stereocenters. The summed E-state index contributed by atoms with van der Waals surface area (Å²) in [5.41, 5.74) is 2.63. The number of rotatable bonds is 13. The topological polar surface area (TPSA) is 76.8 Å². The summed E-state index contributed by atoms with van der Waals surface area (Å²) in [6, 6.07) is 15.8. The molecule has 1 fully saturated rings. The van der Waals surface area contributed by atoms with Crippen molar-refractivity contribution in [1.82, 2.24) is 14.7 Å². The van der Waals surface area contributed by atoms with Gasteiger partial charge in [0, 0.05) is 38.7 Å². The third-order valence-corrected chi connectivity index (χ3v) is 6.12. The number of hydrogen-bond acceptors (Lipinski definition) is 6. The molecule has 0 saturated heterocycles. The average Bonchev–Trinajstić information content (AvgIpc) is 3.64. The number of esters is 1. The van der Waals surface area contributed by atoms with Gasteiger partial charge in [-0.2, -0.15) is 5.10 Å². The lowest BCUT2D eigenvalue weighted by Crippen LogP contribution is -2.36. The van der Waals surface area contributed by atoms with Crippen molar-refractivity contribution in [3.8, 4) is 22.9 Å². The number of benzene rings is 2. The highest BCUT2D eigenvalue weighted by Gasteiger charge is 2.29. The molecule has 1 aliphatic rings. The quantitative estimate of drug-likeness (QED) is 0.339. The van der Waals surface area contributed by atoms with Crippen molar-refractivity contribution in [2.45, 2.75) is 45.3 Å². The third-order valence-electron chi connectivity index (χ3n) is 6.12. The molecular formula is C28H34FN3O4. The summed E-state index contributed by atoms with van der Waals surface area (Å²) in [4.78, 5) is 13.9. The second-order valence-electron chi connectivity index (χ2n) is 9.40. The summed E-state index contributed by atoms with van der Waals surface area (Å²) < 4.78 is 26.6. The summed E-state index contributed by atoms with van der Waals surface area (Å²) in [5, 5.41) is 15.4. The highest BCUT2D eigenvalue weighted by molar-refractivity contribution is 5.69. The molecule has 0 spiro atoms. The Morgan fingerprint density at radius 1 is 1.19 bits per heavy atom. The number of aliphatic hydroxyl groups is 1. The minimum Gasteiger partial charge on any atom is -0.463 e. The lowest BCUT2D eigenvalue weighted by Gasteiger charge is -2.25. The molecule has 1 saturated carbocycles. The lowest BCUT2D eigenvalue weighted by molar-refractivity contribution is -0.147. The van der Waals surface area contributed by atoms with Gasteiger partial charge >= 0.3 is 5.97 Å². The third kappa shape index (κ3) is 7.15. The predicted octanol–water partition coefficient (Wildman–Crippen LogP) is 4.93. The maximum absolute atomic E-state index is 13.5. The molecule has 1 N–H and O–H groups in total. The second-order valence-corrected chi connectivity index (χ2v) is 9.40. The van der Waals surface area contributed by atoms with Crippen molar-refractivity contribution >= 4 is 5.97 Å². The summed E-state index contributed by atoms with van der Waals surface area (Å²) in [5.74, 6) is 1.03. The molecule has 1 aliphatic carbocycles. The van der Waals surface area contributed by atoms with Gasteiger partial charge in [-0.15, -0.1) is 0 Å². The van der Waals surface area contributed by atoms with E-state index in [0.29, 0.717) is 43.5 Å². The van der Waals surface area contributed by atoms with E-state index >= 15 is 0 Å². The van der Waals surface area contributed by atoms with E-state index in [1.54, 1.807) is 16.8 Å². The molecule has 0 radical (unpaired) electrons. The van der Waals surface area contributed by atoms with Gasteiger partial charge in [0.25, 0.3) is 0 Å². The van der Waals surface area contributed by atoms with Crippen LogP contribution in [-0.4, -0.2) is 51.6 Å². The monoisotopic (exact) mass is 495 g/mol.